The summed E-state index contributed by atoms with van der Waals surface area (Å²) in [5, 5.41) is 0. The van der Waals surface area contributed by atoms with Crippen LogP contribution >= 0.6 is 12.6 Å². The van der Waals surface area contributed by atoms with Gasteiger partial charge in [0.25, 0.3) is 0 Å². The first-order valence-corrected chi connectivity index (χ1v) is 4.05. The number of ether oxygens (including phenoxy) is 1. The van der Waals surface area contributed by atoms with Crippen molar-refractivity contribution in [2.75, 3.05) is 13.7 Å². The first-order valence-electron chi connectivity index (χ1n) is 3.60. The fourth-order valence-electron chi connectivity index (χ4n) is 0.934. The topological polar surface area (TPSA) is 9.23 Å². The highest BCUT2D eigenvalue weighted by Crippen LogP contribution is 2.12. The predicted octanol–water partition coefficient (Wildman–Crippen LogP) is 2.16. The highest BCUT2D eigenvalue weighted by molar-refractivity contribution is 7.80. The van der Waals surface area contributed by atoms with E-state index in [0.29, 0.717) is 0 Å². The number of methoxy groups -OCH3 is 1. The minimum absolute atomic E-state index is 0.761. The molecule has 2 heteroatoms. The third-order valence-corrected chi connectivity index (χ3v) is 2.00. The zero-order valence-electron chi connectivity index (χ0n) is 6.58. The molecule has 1 aromatic carbocycles. The third-order valence-electron chi connectivity index (χ3n) is 1.57. The third kappa shape index (κ3) is 2.56. The normalized spacial score (nSPS) is 10.0. The Labute approximate surface area is 72.8 Å². The molecule has 0 amide bonds. The Morgan fingerprint density at radius 3 is 2.73 bits per heavy atom. The van der Waals surface area contributed by atoms with Crippen LogP contribution in [0.1, 0.15) is 5.56 Å². The molecular weight excluding hydrogens is 156 g/mol. The fraction of sp³-hybridized carbons (Fsp3) is 0.333. The van der Waals surface area contributed by atoms with E-state index >= 15 is 0 Å². The molecule has 0 saturated carbocycles. The standard InChI is InChI=1S/C9H12OS/c1-10-7-6-8-4-2-3-5-9(8)11/h2-5,11H,6-7H2,1H3. The van der Waals surface area contributed by atoms with Gasteiger partial charge < -0.3 is 4.74 Å². The first-order chi connectivity index (χ1) is 5.34. The van der Waals surface area contributed by atoms with Gasteiger partial charge in [0.05, 0.1) is 6.61 Å². The van der Waals surface area contributed by atoms with Gasteiger partial charge in [0, 0.05) is 12.0 Å². The Bertz CT molecular complexity index is 223. The molecule has 0 fully saturated rings. The molecule has 0 bridgehead atoms. The van der Waals surface area contributed by atoms with Crippen molar-refractivity contribution in [1.82, 2.24) is 0 Å². The summed E-state index contributed by atoms with van der Waals surface area (Å²) >= 11 is 4.32. The Morgan fingerprint density at radius 2 is 2.09 bits per heavy atom. The average Bonchev–Trinajstić information content (AvgIpc) is 2.03. The molecule has 60 valence electrons. The largest absolute Gasteiger partial charge is 0.384 e. The smallest absolute Gasteiger partial charge is 0.0503 e. The molecular formula is C9H12OS. The molecule has 0 unspecified atom stereocenters. The number of rotatable bonds is 3. The van der Waals surface area contributed by atoms with Crippen molar-refractivity contribution < 1.29 is 4.74 Å². The van der Waals surface area contributed by atoms with E-state index in [2.05, 4.69) is 18.7 Å². The molecule has 0 atom stereocenters. The molecule has 0 aliphatic carbocycles. The lowest BCUT2D eigenvalue weighted by atomic mass is 10.2. The number of hydrogen-bond acceptors (Lipinski definition) is 2. The summed E-state index contributed by atoms with van der Waals surface area (Å²) in [7, 11) is 1.71. The van der Waals surface area contributed by atoms with Crippen LogP contribution in [0.2, 0.25) is 0 Å². The minimum atomic E-state index is 0.761. The lowest BCUT2D eigenvalue weighted by molar-refractivity contribution is 0.202. The second-order valence-corrected chi connectivity index (χ2v) is 2.85. The summed E-state index contributed by atoms with van der Waals surface area (Å²) in [4.78, 5) is 1.05. The van der Waals surface area contributed by atoms with E-state index in [1.54, 1.807) is 7.11 Å². The molecule has 0 spiro atoms. The van der Waals surface area contributed by atoms with E-state index < -0.39 is 0 Å². The number of hydrogen-bond donors (Lipinski definition) is 1. The molecule has 1 rings (SSSR count). The average molecular weight is 168 g/mol. The summed E-state index contributed by atoms with van der Waals surface area (Å²) in [6.07, 6.45) is 0.941. The van der Waals surface area contributed by atoms with Gasteiger partial charge in [-0.05, 0) is 18.1 Å². The van der Waals surface area contributed by atoms with Gasteiger partial charge in [0.15, 0.2) is 0 Å². The van der Waals surface area contributed by atoms with E-state index in [9.17, 15) is 0 Å². The van der Waals surface area contributed by atoms with E-state index in [4.69, 9.17) is 4.74 Å². The molecule has 0 N–H and O–H groups in total. The van der Waals surface area contributed by atoms with Gasteiger partial charge in [-0.15, -0.1) is 12.6 Å². The highest BCUT2D eigenvalue weighted by atomic mass is 32.1. The van der Waals surface area contributed by atoms with Gasteiger partial charge in [-0.3, -0.25) is 0 Å². The van der Waals surface area contributed by atoms with Crippen molar-refractivity contribution in [2.45, 2.75) is 11.3 Å². The Hall–Kier alpha value is -0.470. The van der Waals surface area contributed by atoms with Crippen molar-refractivity contribution >= 4 is 12.6 Å². The SMILES string of the molecule is COCCc1ccccc1S. The van der Waals surface area contributed by atoms with Gasteiger partial charge >= 0.3 is 0 Å². The first kappa shape index (κ1) is 8.62. The summed E-state index contributed by atoms with van der Waals surface area (Å²) in [6, 6.07) is 8.07. The summed E-state index contributed by atoms with van der Waals surface area (Å²) in [5.41, 5.74) is 1.25. The van der Waals surface area contributed by atoms with E-state index in [0.717, 1.165) is 17.9 Å². The maximum Gasteiger partial charge on any atom is 0.0503 e. The highest BCUT2D eigenvalue weighted by Gasteiger charge is 1.95. The Kier molecular flexibility index (Phi) is 3.46. The maximum atomic E-state index is 4.97. The van der Waals surface area contributed by atoms with Crippen LogP contribution in [-0.2, 0) is 11.2 Å². The fourth-order valence-corrected chi connectivity index (χ4v) is 1.21. The van der Waals surface area contributed by atoms with Gasteiger partial charge in [0.2, 0.25) is 0 Å². The lowest BCUT2D eigenvalue weighted by Gasteiger charge is -2.02. The van der Waals surface area contributed by atoms with Crippen LogP contribution in [0.25, 0.3) is 0 Å². The van der Waals surface area contributed by atoms with E-state index in [-0.39, 0.29) is 0 Å². The van der Waals surface area contributed by atoms with Crippen LogP contribution in [0.15, 0.2) is 29.2 Å². The summed E-state index contributed by atoms with van der Waals surface area (Å²) in [6.45, 7) is 0.761. The van der Waals surface area contributed by atoms with Gasteiger partial charge in [-0.1, -0.05) is 18.2 Å². The van der Waals surface area contributed by atoms with Crippen molar-refractivity contribution in [3.05, 3.63) is 29.8 Å². The van der Waals surface area contributed by atoms with Crippen molar-refractivity contribution in [3.63, 3.8) is 0 Å². The van der Waals surface area contributed by atoms with Crippen LogP contribution in [0.3, 0.4) is 0 Å². The summed E-state index contributed by atoms with van der Waals surface area (Å²) in [5.74, 6) is 0. The Morgan fingerprint density at radius 1 is 1.36 bits per heavy atom. The molecule has 0 aliphatic heterocycles. The second kappa shape index (κ2) is 4.42. The molecule has 1 nitrogen and oxygen atoms in total. The quantitative estimate of drug-likeness (QED) is 0.680. The van der Waals surface area contributed by atoms with Crippen LogP contribution in [0, 0.1) is 0 Å². The van der Waals surface area contributed by atoms with Crippen LogP contribution < -0.4 is 0 Å². The second-order valence-electron chi connectivity index (χ2n) is 2.37. The van der Waals surface area contributed by atoms with Crippen LogP contribution in [0.4, 0.5) is 0 Å². The zero-order valence-corrected chi connectivity index (χ0v) is 7.47. The van der Waals surface area contributed by atoms with E-state index in [1.165, 1.54) is 5.56 Å². The van der Waals surface area contributed by atoms with Gasteiger partial charge in [0.1, 0.15) is 0 Å². The van der Waals surface area contributed by atoms with E-state index in [1.807, 2.05) is 18.2 Å². The zero-order chi connectivity index (χ0) is 8.10. The summed E-state index contributed by atoms with van der Waals surface area (Å²) < 4.78 is 4.97. The van der Waals surface area contributed by atoms with Crippen LogP contribution in [0.5, 0.6) is 0 Å². The molecule has 0 radical (unpaired) electrons. The molecule has 0 aromatic heterocycles. The molecule has 11 heavy (non-hydrogen) atoms. The maximum absolute atomic E-state index is 4.97. The molecule has 1 aromatic rings. The van der Waals surface area contributed by atoms with Crippen molar-refractivity contribution in [1.29, 1.82) is 0 Å². The minimum Gasteiger partial charge on any atom is -0.384 e. The van der Waals surface area contributed by atoms with Crippen LogP contribution in [-0.4, -0.2) is 13.7 Å². The molecule has 0 heterocycles. The number of benzene rings is 1. The van der Waals surface area contributed by atoms with Crippen molar-refractivity contribution in [3.8, 4) is 0 Å². The molecule has 0 aliphatic rings. The van der Waals surface area contributed by atoms with Gasteiger partial charge in [-0.2, -0.15) is 0 Å². The number of thiol groups is 1. The monoisotopic (exact) mass is 168 g/mol. The predicted molar refractivity (Wildman–Crippen MR) is 49.3 cm³/mol. The molecule has 0 saturated heterocycles. The lowest BCUT2D eigenvalue weighted by Crippen LogP contribution is -1.94. The Balaban J connectivity index is 2.62. The van der Waals surface area contributed by atoms with Crippen molar-refractivity contribution in [2.24, 2.45) is 0 Å². The van der Waals surface area contributed by atoms with Gasteiger partial charge in [-0.25, -0.2) is 0 Å².